The van der Waals surface area contributed by atoms with E-state index in [0.717, 1.165) is 22.4 Å². The molecule has 0 radical (unpaired) electrons. The summed E-state index contributed by atoms with van der Waals surface area (Å²) in [5, 5.41) is 6.07. The van der Waals surface area contributed by atoms with Crippen LogP contribution in [0.5, 0.6) is 11.5 Å². The summed E-state index contributed by atoms with van der Waals surface area (Å²) in [5.74, 6) is 1.75. The minimum atomic E-state index is -0.261. The van der Waals surface area contributed by atoms with Gasteiger partial charge in [0.2, 0.25) is 6.79 Å². The minimum Gasteiger partial charge on any atom is -0.463 e. The van der Waals surface area contributed by atoms with E-state index >= 15 is 0 Å². The Balaban J connectivity index is 1.32. The molecule has 1 N–H and O–H groups in total. The number of para-hydroxylation sites is 1. The van der Waals surface area contributed by atoms with E-state index in [1.165, 1.54) is 11.3 Å². The molecule has 1 aliphatic heterocycles. The summed E-state index contributed by atoms with van der Waals surface area (Å²) in [4.78, 5) is 22.4. The van der Waals surface area contributed by atoms with E-state index in [9.17, 15) is 4.79 Å². The number of carbonyl (C=O) groups is 1. The monoisotopic (exact) mass is 441 g/mol. The molecule has 0 atom stereocenters. The predicted octanol–water partition coefficient (Wildman–Crippen LogP) is 5.60. The van der Waals surface area contributed by atoms with E-state index in [-0.39, 0.29) is 12.7 Å². The molecule has 3 aromatic heterocycles. The second-order valence-electron chi connectivity index (χ2n) is 7.11. The van der Waals surface area contributed by atoms with Crippen LogP contribution in [0.25, 0.3) is 33.6 Å². The SMILES string of the molecule is O=C(Nc1nc(-c2ccc3c(c2)OCO3)cs1)c1cc(-c2ccco2)nc2ccccc12. The molecule has 0 bridgehead atoms. The molecule has 1 aliphatic rings. The van der Waals surface area contributed by atoms with Crippen LogP contribution in [-0.4, -0.2) is 22.7 Å². The van der Waals surface area contributed by atoms with Gasteiger partial charge in [-0.05, 0) is 42.5 Å². The first-order valence-electron chi connectivity index (χ1n) is 9.85. The maximum absolute atomic E-state index is 13.2. The van der Waals surface area contributed by atoms with E-state index < -0.39 is 0 Å². The first-order valence-corrected chi connectivity index (χ1v) is 10.7. The second kappa shape index (κ2) is 7.51. The number of aromatic nitrogens is 2. The van der Waals surface area contributed by atoms with E-state index in [2.05, 4.69) is 15.3 Å². The van der Waals surface area contributed by atoms with E-state index in [0.29, 0.717) is 33.4 Å². The minimum absolute atomic E-state index is 0.219. The van der Waals surface area contributed by atoms with Gasteiger partial charge in [-0.3, -0.25) is 10.1 Å². The van der Waals surface area contributed by atoms with Crippen molar-refractivity contribution in [3.05, 3.63) is 77.9 Å². The van der Waals surface area contributed by atoms with Crippen molar-refractivity contribution >= 4 is 33.3 Å². The molecule has 0 unspecified atom stereocenters. The van der Waals surface area contributed by atoms with Gasteiger partial charge in [0.05, 0.1) is 23.0 Å². The van der Waals surface area contributed by atoms with Gasteiger partial charge in [-0.25, -0.2) is 9.97 Å². The van der Waals surface area contributed by atoms with Crippen molar-refractivity contribution in [2.75, 3.05) is 12.1 Å². The van der Waals surface area contributed by atoms with E-state index in [4.69, 9.17) is 13.9 Å². The van der Waals surface area contributed by atoms with Crippen LogP contribution in [0.3, 0.4) is 0 Å². The van der Waals surface area contributed by atoms with Crippen LogP contribution in [-0.2, 0) is 0 Å². The third kappa shape index (κ3) is 3.27. The molecule has 5 aromatic rings. The van der Waals surface area contributed by atoms with Crippen LogP contribution in [0.1, 0.15) is 10.4 Å². The Hall–Kier alpha value is -4.17. The topological polar surface area (TPSA) is 86.5 Å². The number of furan rings is 1. The number of rotatable bonds is 4. The molecule has 0 spiro atoms. The fourth-order valence-corrected chi connectivity index (χ4v) is 4.31. The molecule has 0 aliphatic carbocycles. The fourth-order valence-electron chi connectivity index (χ4n) is 3.60. The van der Waals surface area contributed by atoms with Crippen molar-refractivity contribution in [3.63, 3.8) is 0 Å². The second-order valence-corrected chi connectivity index (χ2v) is 7.97. The lowest BCUT2D eigenvalue weighted by Gasteiger charge is -2.08. The number of anilines is 1. The number of nitrogens with zero attached hydrogens (tertiary/aromatic N) is 2. The summed E-state index contributed by atoms with van der Waals surface area (Å²) in [6, 6.07) is 18.5. The zero-order valence-corrected chi connectivity index (χ0v) is 17.4. The molecule has 2 aromatic carbocycles. The Bertz CT molecular complexity index is 1460. The third-order valence-corrected chi connectivity index (χ3v) is 5.89. The molecule has 6 rings (SSSR count). The van der Waals surface area contributed by atoms with Crippen molar-refractivity contribution in [1.82, 2.24) is 9.97 Å². The number of hydrogen-bond acceptors (Lipinski definition) is 7. The highest BCUT2D eigenvalue weighted by Gasteiger charge is 2.18. The summed E-state index contributed by atoms with van der Waals surface area (Å²) < 4.78 is 16.3. The van der Waals surface area contributed by atoms with Crippen molar-refractivity contribution in [2.24, 2.45) is 0 Å². The van der Waals surface area contributed by atoms with E-state index in [1.807, 2.05) is 53.9 Å². The van der Waals surface area contributed by atoms with Crippen molar-refractivity contribution in [1.29, 1.82) is 0 Å². The number of amides is 1. The lowest BCUT2D eigenvalue weighted by molar-refractivity contribution is 0.102. The number of pyridine rings is 1. The van der Waals surface area contributed by atoms with Crippen LogP contribution in [0.2, 0.25) is 0 Å². The third-order valence-electron chi connectivity index (χ3n) is 5.13. The number of hydrogen-bond donors (Lipinski definition) is 1. The van der Waals surface area contributed by atoms with Gasteiger partial charge in [0.15, 0.2) is 22.4 Å². The first-order chi connectivity index (χ1) is 15.7. The number of benzene rings is 2. The smallest absolute Gasteiger partial charge is 0.258 e. The largest absolute Gasteiger partial charge is 0.463 e. The average molecular weight is 441 g/mol. The van der Waals surface area contributed by atoms with Crippen molar-refractivity contribution < 1.29 is 18.7 Å². The number of nitrogens with one attached hydrogen (secondary N) is 1. The van der Waals surface area contributed by atoms with Crippen molar-refractivity contribution in [3.8, 4) is 34.2 Å². The molecule has 8 heteroatoms. The summed E-state index contributed by atoms with van der Waals surface area (Å²) in [6.07, 6.45) is 1.58. The fraction of sp³-hybridized carbons (Fsp3) is 0.0417. The van der Waals surface area contributed by atoms with Gasteiger partial charge < -0.3 is 13.9 Å². The molecule has 7 nitrogen and oxygen atoms in total. The Morgan fingerprint density at radius 2 is 1.84 bits per heavy atom. The Morgan fingerprint density at radius 1 is 0.938 bits per heavy atom. The zero-order valence-electron chi connectivity index (χ0n) is 16.6. The average Bonchev–Trinajstić information content (AvgIpc) is 3.59. The zero-order chi connectivity index (χ0) is 21.5. The van der Waals surface area contributed by atoms with Gasteiger partial charge in [0.1, 0.15) is 5.69 Å². The molecule has 156 valence electrons. The maximum Gasteiger partial charge on any atom is 0.258 e. The number of fused-ring (bicyclic) bond motifs is 2. The highest BCUT2D eigenvalue weighted by atomic mass is 32.1. The van der Waals surface area contributed by atoms with Crippen LogP contribution in [0, 0.1) is 0 Å². The quantitative estimate of drug-likeness (QED) is 0.391. The van der Waals surface area contributed by atoms with Crippen molar-refractivity contribution in [2.45, 2.75) is 0 Å². The Labute approximate surface area is 186 Å². The number of thiazole rings is 1. The molecular weight excluding hydrogens is 426 g/mol. The summed E-state index contributed by atoms with van der Waals surface area (Å²) in [6.45, 7) is 0.219. The van der Waals surface area contributed by atoms with Gasteiger partial charge in [0.25, 0.3) is 5.91 Å². The van der Waals surface area contributed by atoms with Gasteiger partial charge in [-0.15, -0.1) is 11.3 Å². The summed E-state index contributed by atoms with van der Waals surface area (Å²) in [5.41, 5.74) is 3.45. The number of ether oxygens (including phenoxy) is 2. The standard InChI is InChI=1S/C24H15N3O4S/c28-23(16-11-18(20-6-3-9-29-20)25-17-5-2-1-4-15(16)17)27-24-26-19(12-32-24)14-7-8-21-22(10-14)31-13-30-21/h1-12H,13H2,(H,26,27,28). The van der Waals surface area contributed by atoms with Gasteiger partial charge >= 0.3 is 0 Å². The van der Waals surface area contributed by atoms with Gasteiger partial charge in [-0.2, -0.15) is 0 Å². The maximum atomic E-state index is 13.2. The lowest BCUT2D eigenvalue weighted by Crippen LogP contribution is -2.13. The molecule has 1 amide bonds. The normalized spacial score (nSPS) is 12.2. The lowest BCUT2D eigenvalue weighted by atomic mass is 10.1. The summed E-state index contributed by atoms with van der Waals surface area (Å²) >= 11 is 1.36. The molecule has 0 saturated heterocycles. The predicted molar refractivity (Wildman–Crippen MR) is 121 cm³/mol. The molecule has 4 heterocycles. The Kier molecular flexibility index (Phi) is 4.36. The number of carbonyl (C=O) groups excluding carboxylic acids is 1. The van der Waals surface area contributed by atoms with Crippen LogP contribution >= 0.6 is 11.3 Å². The van der Waals surface area contributed by atoms with Crippen LogP contribution in [0.4, 0.5) is 5.13 Å². The molecule has 0 fully saturated rings. The summed E-state index contributed by atoms with van der Waals surface area (Å²) in [7, 11) is 0. The van der Waals surface area contributed by atoms with Crippen LogP contribution in [0.15, 0.2) is 76.7 Å². The Morgan fingerprint density at radius 3 is 2.75 bits per heavy atom. The van der Waals surface area contributed by atoms with E-state index in [1.54, 1.807) is 18.4 Å². The van der Waals surface area contributed by atoms with Gasteiger partial charge in [0, 0.05) is 16.3 Å². The first kappa shape index (κ1) is 18.6. The molecular formula is C24H15N3O4S. The molecule has 0 saturated carbocycles. The van der Waals surface area contributed by atoms with Gasteiger partial charge in [-0.1, -0.05) is 18.2 Å². The highest BCUT2D eigenvalue weighted by Crippen LogP contribution is 2.36. The molecule has 32 heavy (non-hydrogen) atoms. The van der Waals surface area contributed by atoms with Crippen LogP contribution < -0.4 is 14.8 Å². The highest BCUT2D eigenvalue weighted by molar-refractivity contribution is 7.14.